The Morgan fingerprint density at radius 2 is 1.88 bits per heavy atom. The molecule has 1 rings (SSSR count). The molecule has 0 radical (unpaired) electrons. The maximum Gasteiger partial charge on any atom is 0.226 e. The van der Waals surface area contributed by atoms with E-state index in [0.717, 1.165) is 25.7 Å². The molecule has 0 heterocycles. The predicted octanol–water partition coefficient (Wildman–Crippen LogP) is 2.09. The number of carbonyl (C=O) groups is 1. The maximum atomic E-state index is 12.0. The first-order valence-electron chi connectivity index (χ1n) is 6.42. The van der Waals surface area contributed by atoms with Gasteiger partial charge in [-0.1, -0.05) is 40.0 Å². The van der Waals surface area contributed by atoms with E-state index in [2.05, 4.69) is 5.32 Å². The molecule has 1 amide bonds. The van der Waals surface area contributed by atoms with Crippen molar-refractivity contribution in [3.63, 3.8) is 0 Å². The normalized spacial score (nSPS) is 21.8. The molecule has 3 heteroatoms. The molecule has 0 aliphatic heterocycles. The van der Waals surface area contributed by atoms with E-state index in [1.807, 2.05) is 20.8 Å². The highest BCUT2D eigenvalue weighted by Crippen LogP contribution is 2.35. The van der Waals surface area contributed by atoms with Gasteiger partial charge in [-0.05, 0) is 18.8 Å². The van der Waals surface area contributed by atoms with Crippen LogP contribution in [0, 0.1) is 11.3 Å². The second-order valence-electron chi connectivity index (χ2n) is 5.64. The van der Waals surface area contributed by atoms with Gasteiger partial charge >= 0.3 is 0 Å². The molecule has 1 unspecified atom stereocenters. The number of rotatable bonds is 4. The van der Waals surface area contributed by atoms with Gasteiger partial charge in [0.05, 0.1) is 6.10 Å². The van der Waals surface area contributed by atoms with Crippen LogP contribution >= 0.6 is 0 Å². The fourth-order valence-electron chi connectivity index (χ4n) is 2.21. The van der Waals surface area contributed by atoms with Gasteiger partial charge in [0.15, 0.2) is 0 Å². The van der Waals surface area contributed by atoms with Crippen molar-refractivity contribution >= 4 is 5.91 Å². The zero-order chi connectivity index (χ0) is 12.2. The van der Waals surface area contributed by atoms with Gasteiger partial charge in [0.25, 0.3) is 0 Å². The molecule has 0 aromatic heterocycles. The Bertz CT molecular complexity index is 232. The van der Waals surface area contributed by atoms with Gasteiger partial charge in [0.1, 0.15) is 0 Å². The lowest BCUT2D eigenvalue weighted by Gasteiger charge is -2.32. The van der Waals surface area contributed by atoms with Crippen molar-refractivity contribution in [2.24, 2.45) is 11.3 Å². The van der Waals surface area contributed by atoms with Crippen LogP contribution in [0.4, 0.5) is 0 Å². The number of hydrogen-bond donors (Lipinski definition) is 2. The van der Waals surface area contributed by atoms with Crippen LogP contribution in [0.3, 0.4) is 0 Å². The Kier molecular flexibility index (Phi) is 4.78. The molecule has 0 aromatic carbocycles. The van der Waals surface area contributed by atoms with Crippen molar-refractivity contribution < 1.29 is 9.90 Å². The number of aliphatic hydroxyl groups excluding tert-OH is 1. The molecule has 1 saturated carbocycles. The Morgan fingerprint density at radius 3 is 2.38 bits per heavy atom. The average Bonchev–Trinajstić information content (AvgIpc) is 2.26. The van der Waals surface area contributed by atoms with E-state index in [1.165, 1.54) is 6.42 Å². The van der Waals surface area contributed by atoms with Crippen molar-refractivity contribution in [3.8, 4) is 0 Å². The quantitative estimate of drug-likeness (QED) is 0.772. The largest absolute Gasteiger partial charge is 0.391 e. The minimum Gasteiger partial charge on any atom is -0.391 e. The first-order chi connectivity index (χ1) is 7.46. The second kappa shape index (κ2) is 5.67. The molecule has 1 atom stereocenters. The summed E-state index contributed by atoms with van der Waals surface area (Å²) in [5.74, 6) is 0.311. The highest BCUT2D eigenvalue weighted by molar-refractivity contribution is 5.82. The van der Waals surface area contributed by atoms with Gasteiger partial charge in [-0.25, -0.2) is 0 Å². The van der Waals surface area contributed by atoms with Gasteiger partial charge in [0, 0.05) is 12.0 Å². The third-order valence-electron chi connectivity index (χ3n) is 3.75. The molecule has 0 bridgehead atoms. The van der Waals surface area contributed by atoms with Crippen LogP contribution in [0.25, 0.3) is 0 Å². The van der Waals surface area contributed by atoms with E-state index in [1.54, 1.807) is 0 Å². The van der Waals surface area contributed by atoms with Crippen molar-refractivity contribution in [2.75, 3.05) is 6.54 Å². The average molecular weight is 227 g/mol. The van der Waals surface area contributed by atoms with E-state index in [0.29, 0.717) is 6.54 Å². The van der Waals surface area contributed by atoms with Gasteiger partial charge in [-0.2, -0.15) is 0 Å². The first-order valence-corrected chi connectivity index (χ1v) is 6.42. The van der Waals surface area contributed by atoms with Crippen LogP contribution in [-0.2, 0) is 4.79 Å². The Hall–Kier alpha value is -0.570. The van der Waals surface area contributed by atoms with E-state index in [4.69, 9.17) is 0 Å². The number of amides is 1. The summed E-state index contributed by atoms with van der Waals surface area (Å²) in [6, 6.07) is 0. The van der Waals surface area contributed by atoms with Crippen molar-refractivity contribution in [1.82, 2.24) is 5.32 Å². The smallest absolute Gasteiger partial charge is 0.226 e. The standard InChI is InChI=1S/C13H25NO2/c1-10(2)11(15)9-14-12(16)13(3)7-5-4-6-8-13/h10-11,15H,4-9H2,1-3H3,(H,14,16). The summed E-state index contributed by atoms with van der Waals surface area (Å²) in [5, 5.41) is 12.5. The van der Waals surface area contributed by atoms with Crippen LogP contribution in [0.15, 0.2) is 0 Å². The Morgan fingerprint density at radius 1 is 1.31 bits per heavy atom. The Labute approximate surface area is 98.6 Å². The molecule has 1 aliphatic rings. The van der Waals surface area contributed by atoms with Crippen molar-refractivity contribution in [3.05, 3.63) is 0 Å². The summed E-state index contributed by atoms with van der Waals surface area (Å²) < 4.78 is 0. The summed E-state index contributed by atoms with van der Waals surface area (Å²) in [4.78, 5) is 12.0. The number of aliphatic hydroxyl groups is 1. The zero-order valence-corrected chi connectivity index (χ0v) is 10.8. The topological polar surface area (TPSA) is 49.3 Å². The lowest BCUT2D eigenvalue weighted by Crippen LogP contribution is -2.44. The lowest BCUT2D eigenvalue weighted by atomic mass is 9.75. The molecule has 3 nitrogen and oxygen atoms in total. The minimum absolute atomic E-state index is 0.118. The number of hydrogen-bond acceptors (Lipinski definition) is 2. The van der Waals surface area contributed by atoms with Gasteiger partial charge in [-0.3, -0.25) is 4.79 Å². The minimum atomic E-state index is -0.434. The first kappa shape index (κ1) is 13.5. The molecule has 16 heavy (non-hydrogen) atoms. The van der Waals surface area contributed by atoms with Crippen molar-refractivity contribution in [2.45, 2.75) is 59.0 Å². The third-order valence-corrected chi connectivity index (χ3v) is 3.75. The molecule has 0 spiro atoms. The molecule has 94 valence electrons. The molecule has 1 aliphatic carbocycles. The molecular weight excluding hydrogens is 202 g/mol. The predicted molar refractivity (Wildman–Crippen MR) is 65.0 cm³/mol. The molecule has 0 aromatic rings. The molecule has 2 N–H and O–H groups in total. The van der Waals surface area contributed by atoms with Gasteiger partial charge in [0.2, 0.25) is 5.91 Å². The van der Waals surface area contributed by atoms with Crippen molar-refractivity contribution in [1.29, 1.82) is 0 Å². The fourth-order valence-corrected chi connectivity index (χ4v) is 2.21. The number of nitrogens with one attached hydrogen (secondary N) is 1. The van der Waals surface area contributed by atoms with Gasteiger partial charge < -0.3 is 10.4 Å². The van der Waals surface area contributed by atoms with Crippen LogP contribution in [0.1, 0.15) is 52.9 Å². The third kappa shape index (κ3) is 3.48. The summed E-state index contributed by atoms with van der Waals surface area (Å²) in [6.07, 6.45) is 5.08. The van der Waals surface area contributed by atoms with Crippen LogP contribution < -0.4 is 5.32 Å². The number of carbonyl (C=O) groups excluding carboxylic acids is 1. The van der Waals surface area contributed by atoms with Crippen LogP contribution in [-0.4, -0.2) is 23.7 Å². The molecular formula is C13H25NO2. The maximum absolute atomic E-state index is 12.0. The summed E-state index contributed by atoms with van der Waals surface area (Å²) in [5.41, 5.74) is -0.199. The SMILES string of the molecule is CC(C)C(O)CNC(=O)C1(C)CCCCC1. The monoisotopic (exact) mass is 227 g/mol. The van der Waals surface area contributed by atoms with E-state index >= 15 is 0 Å². The van der Waals surface area contributed by atoms with E-state index in [-0.39, 0.29) is 17.2 Å². The molecule has 0 saturated heterocycles. The summed E-state index contributed by atoms with van der Waals surface area (Å²) >= 11 is 0. The van der Waals surface area contributed by atoms with Crippen LogP contribution in [0.2, 0.25) is 0 Å². The Balaban J connectivity index is 2.39. The van der Waals surface area contributed by atoms with Gasteiger partial charge in [-0.15, -0.1) is 0 Å². The summed E-state index contributed by atoms with van der Waals surface area (Å²) in [7, 11) is 0. The molecule has 1 fully saturated rings. The highest BCUT2D eigenvalue weighted by atomic mass is 16.3. The van der Waals surface area contributed by atoms with Crippen LogP contribution in [0.5, 0.6) is 0 Å². The summed E-state index contributed by atoms with van der Waals surface area (Å²) in [6.45, 7) is 6.34. The lowest BCUT2D eigenvalue weighted by molar-refractivity contribution is -0.132. The second-order valence-corrected chi connectivity index (χ2v) is 5.64. The highest BCUT2D eigenvalue weighted by Gasteiger charge is 2.34. The van der Waals surface area contributed by atoms with E-state index in [9.17, 15) is 9.90 Å². The fraction of sp³-hybridized carbons (Fsp3) is 0.923. The van der Waals surface area contributed by atoms with E-state index < -0.39 is 6.10 Å². The zero-order valence-electron chi connectivity index (χ0n) is 10.8.